The summed E-state index contributed by atoms with van der Waals surface area (Å²) in [7, 11) is -0.452. The Morgan fingerprint density at radius 3 is 1.95 bits per heavy atom. The van der Waals surface area contributed by atoms with Gasteiger partial charge in [0.25, 0.3) is 5.91 Å². The number of nitrogens with zero attached hydrogens (tertiary/aromatic N) is 2. The van der Waals surface area contributed by atoms with Gasteiger partial charge >= 0.3 is 10.4 Å². The Hall–Kier alpha value is -5.73. The number of guanidine groups is 2. The van der Waals surface area contributed by atoms with E-state index in [1.165, 1.54) is 58.1 Å². The molecule has 21 atom stereocenters. The molecule has 6 aliphatic rings. The van der Waals surface area contributed by atoms with Crippen LogP contribution in [0.5, 0.6) is 5.75 Å². The van der Waals surface area contributed by atoms with E-state index in [9.17, 15) is 85.6 Å². The van der Waals surface area contributed by atoms with Crippen LogP contribution in [0.3, 0.4) is 0 Å². The highest BCUT2D eigenvalue weighted by Crippen LogP contribution is 2.57. The summed E-state index contributed by atoms with van der Waals surface area (Å²) >= 11 is 0. The Morgan fingerprint density at radius 2 is 1.46 bits per heavy atom. The molecule has 2 heterocycles. The van der Waals surface area contributed by atoms with Gasteiger partial charge in [-0.1, -0.05) is 12.1 Å². The van der Waals surface area contributed by atoms with Crippen LogP contribution < -0.4 is 33.6 Å². The Kier molecular flexibility index (Phi) is 21.6. The van der Waals surface area contributed by atoms with Crippen molar-refractivity contribution in [3.63, 3.8) is 0 Å². The molecule has 4 fully saturated rings. The predicted octanol–water partition coefficient (Wildman–Crippen LogP) is -11.7. The van der Waals surface area contributed by atoms with Gasteiger partial charge in [0.05, 0.1) is 65.5 Å². The van der Waals surface area contributed by atoms with Crippen molar-refractivity contribution in [3.8, 4) is 5.75 Å². The second-order valence-electron chi connectivity index (χ2n) is 19.4. The third kappa shape index (κ3) is 12.2. The molecule has 0 spiro atoms. The van der Waals surface area contributed by atoms with Crippen LogP contribution in [0.15, 0.2) is 40.1 Å². The summed E-state index contributed by atoms with van der Waals surface area (Å²) < 4.78 is 54.5. The van der Waals surface area contributed by atoms with Crippen molar-refractivity contribution < 1.29 is 133 Å². The molecule has 2 aliphatic heterocycles. The van der Waals surface area contributed by atoms with Crippen molar-refractivity contribution in [1.82, 2.24) is 15.5 Å². The number of aliphatic imine (C=N–C) groups is 1. The number of ether oxygens (including phenoxy) is 4. The van der Waals surface area contributed by atoms with Crippen LogP contribution in [0.2, 0.25) is 0 Å². The number of aromatic hydroxyl groups is 1. The summed E-state index contributed by atoms with van der Waals surface area (Å²) in [6.45, 7) is 1.87. The maximum atomic E-state index is 13.7. The summed E-state index contributed by atoms with van der Waals surface area (Å²) in [5.41, 5.74) is 12.0. The van der Waals surface area contributed by atoms with Crippen molar-refractivity contribution in [3.05, 3.63) is 46.2 Å². The second kappa shape index (κ2) is 25.2. The maximum Gasteiger partial charge on any atom is 0.394 e. The molecule has 80 heavy (non-hydrogen) atoms. The molecule has 0 unspecified atom stereocenters. The molecule has 4 aliphatic carbocycles. The van der Waals surface area contributed by atoms with Crippen LogP contribution in [-0.2, 0) is 54.1 Å². The molecule has 36 nitrogen and oxygen atoms in total. The van der Waals surface area contributed by atoms with E-state index in [0.29, 0.717) is 0 Å². The Balaban J connectivity index is 0.000000383. The number of benzene rings is 1. The third-order valence-electron chi connectivity index (χ3n) is 14.4. The molecule has 1 aromatic carbocycles. The fraction of sp³-hybridized carbons (Fsp3) is 0.628. The standard InChI is InChI=1S/C22H24N2O9.C21H39N7O12.H2O4S.2H2O/c1-21(32)7-5-4-6-8(25)9(7)15(26)10-12(21)17(28)13-14(24(2)3)16(27)11(20(23)31)19(30)22(13,33)18(10)29;1-5-21(36,4-30)16(40-17-9(26-2)13(34)10(31)6(3-29)38-17)18(37-5)39-15-8(28-20(24)25)11(32)7(27-19(22)23)12(33)14(15)35;1-5(2,3)4;;/h4-6,12-14,17,25-26,28,30,32-33H,1-3H3,(H2,23,31);4-18,26,29,31-36H,3H2,1-2H3,(H4,22,23,27)(H4,24,25,28);(H2,1,2,3,4);2*1H2/t12-,13-,14+,17+,21-,22+;5-,6-,7+,8-,9-,10-,11+,12-,13-,14+,15+,16-,17-,18-,21+;;;/m10.../s1. The van der Waals surface area contributed by atoms with Gasteiger partial charge in [-0.25, -0.2) is 4.99 Å². The summed E-state index contributed by atoms with van der Waals surface area (Å²) in [6.07, 6.45) is -19.2. The van der Waals surface area contributed by atoms with Crippen molar-refractivity contribution in [2.45, 2.75) is 128 Å². The molecule has 1 aromatic rings. The van der Waals surface area contributed by atoms with E-state index in [2.05, 4.69) is 15.6 Å². The van der Waals surface area contributed by atoms with E-state index >= 15 is 0 Å². The number of carbonyl (C=O) groups is 4. The molecule has 454 valence electrons. The first-order valence-electron chi connectivity index (χ1n) is 23.2. The van der Waals surface area contributed by atoms with Crippen LogP contribution in [-0.4, -0.2) is 272 Å². The number of fused-ring (bicyclic) bond motifs is 3. The van der Waals surface area contributed by atoms with Gasteiger partial charge in [0, 0.05) is 0 Å². The number of ketones is 2. The van der Waals surface area contributed by atoms with Crippen molar-refractivity contribution >= 4 is 51.8 Å². The van der Waals surface area contributed by atoms with Gasteiger partial charge in [0.1, 0.15) is 77.7 Å². The maximum absolute atomic E-state index is 13.7. The molecular weight excluding hydrogens is 1110 g/mol. The summed E-state index contributed by atoms with van der Waals surface area (Å²) in [5.74, 6) is -10.8. The number of nitrogens with two attached hydrogens (primary N) is 4. The molecule has 2 saturated carbocycles. The second-order valence-corrected chi connectivity index (χ2v) is 20.3. The molecule has 1 amide bonds. The number of hydrogen-bond acceptors (Lipinski definition) is 27. The zero-order chi connectivity index (χ0) is 59.4. The summed E-state index contributed by atoms with van der Waals surface area (Å²) in [4.78, 5) is 55.7. The van der Waals surface area contributed by atoms with Crippen molar-refractivity contribution in [2.24, 2.45) is 39.8 Å². The quantitative estimate of drug-likeness (QED) is 0.0322. The van der Waals surface area contributed by atoms with Crippen LogP contribution >= 0.6 is 0 Å². The van der Waals surface area contributed by atoms with Gasteiger partial charge < -0.3 is 130 Å². The Morgan fingerprint density at radius 1 is 0.887 bits per heavy atom. The highest BCUT2D eigenvalue weighted by atomic mass is 32.3. The fourth-order valence-corrected chi connectivity index (χ4v) is 10.7. The van der Waals surface area contributed by atoms with E-state index in [4.69, 9.17) is 64.8 Å². The number of primary amides is 1. The highest BCUT2D eigenvalue weighted by Gasteiger charge is 2.70. The number of amides is 1. The zero-order valence-corrected chi connectivity index (χ0v) is 43.6. The van der Waals surface area contributed by atoms with Crippen LogP contribution in [0.1, 0.15) is 25.0 Å². The number of nitrogens with one attached hydrogen (secondary N) is 3. The van der Waals surface area contributed by atoms with E-state index in [1.54, 1.807) is 0 Å². The number of aldehydes is 1. The van der Waals surface area contributed by atoms with Gasteiger partial charge in [0.15, 0.2) is 47.8 Å². The minimum Gasteiger partial charge on any atom is -0.508 e. The van der Waals surface area contributed by atoms with E-state index in [-0.39, 0.29) is 28.4 Å². The normalized spacial score (nSPS) is 39.3. The first-order valence-corrected chi connectivity index (χ1v) is 24.6. The monoisotopic (exact) mass is 1180 g/mol. The minimum absolute atomic E-state index is 0. The fourth-order valence-electron chi connectivity index (χ4n) is 10.7. The molecule has 37 heteroatoms. The number of likely N-dealkylation sites (N-methyl/N-ethyl adjacent to an activating group) is 2. The Labute approximate surface area is 452 Å². The minimum atomic E-state index is -4.67. The number of carbonyl (C=O) groups excluding carboxylic acids is 4. The van der Waals surface area contributed by atoms with Gasteiger partial charge in [-0.15, -0.1) is 0 Å². The average molecular weight is 1180 g/mol. The predicted molar refractivity (Wildman–Crippen MR) is 265 cm³/mol. The summed E-state index contributed by atoms with van der Waals surface area (Å²) in [6, 6.07) is -1.52. The topological polar surface area (TPSA) is 673 Å². The van der Waals surface area contributed by atoms with E-state index in [0.717, 1.165) is 0 Å². The lowest BCUT2D eigenvalue weighted by atomic mass is 9.53. The number of phenols is 1. The van der Waals surface area contributed by atoms with Gasteiger partial charge in [-0.2, -0.15) is 8.42 Å². The largest absolute Gasteiger partial charge is 0.508 e. The number of aliphatic hydroxyl groups excluding tert-OH is 9. The molecule has 0 bridgehead atoms. The van der Waals surface area contributed by atoms with Crippen LogP contribution in [0, 0.1) is 17.2 Å². The SMILES string of the molecule is CN(C)[C@@H]1C(=O)C(C(N)=O)=C(O)[C@@]2(O)C(=O)C3=C(O)c4c(O)cccc4[C@@](C)(O)[C@H]3[C@H](O)[C@@H]12.CN[C@@H]1[C@H](O[C@H]2[C@H](O[C@H]3[C@H](O)[C@@H](O)[C@H](N=C(N)N)[C@@H](O)[C@@H]3NC(=N)N)O[C@@H](C)[C@]2(O)C=O)O[C@@H](CO)[C@H](O)[C@H]1O.O.O.O=S(=O)(O)O. The molecule has 0 radical (unpaired) electrons. The Bertz CT molecular complexity index is 2690. The van der Waals surface area contributed by atoms with Gasteiger partial charge in [0.2, 0.25) is 5.78 Å². The first kappa shape index (κ1) is 68.5. The van der Waals surface area contributed by atoms with Gasteiger partial charge in [-0.05, 0) is 46.6 Å². The highest BCUT2D eigenvalue weighted by molar-refractivity contribution is 7.79. The molecule has 2 saturated heterocycles. The number of rotatable bonds is 11. The number of hydrogen-bond donors (Lipinski definition) is 22. The molecular formula is C43H69N9O27S. The van der Waals surface area contributed by atoms with E-state index < -0.39 is 201 Å². The molecule has 7 rings (SSSR count). The lowest BCUT2D eigenvalue weighted by molar-refractivity contribution is -0.314. The molecule has 30 N–H and O–H groups in total. The number of Topliss-reactive ketones (excluding diaryl/α,β-unsaturated/α-hetero) is 2. The zero-order valence-electron chi connectivity index (χ0n) is 42.8. The smallest absolute Gasteiger partial charge is 0.394 e. The molecule has 0 aromatic heterocycles. The van der Waals surface area contributed by atoms with Crippen molar-refractivity contribution in [2.75, 3.05) is 27.7 Å². The van der Waals surface area contributed by atoms with E-state index in [1.807, 2.05) is 0 Å². The summed E-state index contributed by atoms with van der Waals surface area (Å²) in [5, 5.41) is 153. The number of phenolic OH excluding ortho intramolecular Hbond substituents is 1. The lowest BCUT2D eigenvalue weighted by Gasteiger charge is -2.55. The van der Waals surface area contributed by atoms with Gasteiger partial charge in [-0.3, -0.25) is 38.6 Å². The number of aliphatic hydroxyl groups is 12. The van der Waals surface area contributed by atoms with Crippen LogP contribution in [0.4, 0.5) is 0 Å². The van der Waals surface area contributed by atoms with Crippen molar-refractivity contribution in [1.29, 1.82) is 5.41 Å². The lowest BCUT2D eigenvalue weighted by Crippen LogP contribution is -2.71. The first-order chi connectivity index (χ1) is 35.9. The van der Waals surface area contributed by atoms with Crippen LogP contribution in [0.25, 0.3) is 5.76 Å². The average Bonchev–Trinajstić information content (AvgIpc) is 3.56. The third-order valence-corrected chi connectivity index (χ3v) is 14.4.